The van der Waals surface area contributed by atoms with Crippen molar-refractivity contribution >= 4 is 50.6 Å². The third-order valence-electron chi connectivity index (χ3n) is 4.97. The maximum Gasteiger partial charge on any atom is 0.322 e. The largest absolute Gasteiger partial charge is 0.480 e. The van der Waals surface area contributed by atoms with Crippen LogP contribution < -0.4 is 15.5 Å². The lowest BCUT2D eigenvalue weighted by Crippen LogP contribution is -2.35. The number of benzene rings is 2. The molecule has 8 nitrogen and oxygen atoms in total. The summed E-state index contributed by atoms with van der Waals surface area (Å²) in [6.07, 6.45) is 0.952. The van der Waals surface area contributed by atoms with Crippen molar-refractivity contribution in [2.24, 2.45) is 0 Å². The number of carboxylic acids is 1. The van der Waals surface area contributed by atoms with Gasteiger partial charge in [-0.05, 0) is 35.7 Å². The number of hydrogen-bond acceptors (Lipinski definition) is 7. The van der Waals surface area contributed by atoms with E-state index in [1.54, 1.807) is 0 Å². The predicted molar refractivity (Wildman–Crippen MR) is 118 cm³/mol. The third kappa shape index (κ3) is 4.52. The highest BCUT2D eigenvalue weighted by molar-refractivity contribution is 7.18. The highest BCUT2D eigenvalue weighted by atomic mass is 32.1. The van der Waals surface area contributed by atoms with Gasteiger partial charge in [-0.1, -0.05) is 41.7 Å². The number of aliphatic hydroxyl groups excluding tert-OH is 1. The molecule has 3 aromatic rings. The van der Waals surface area contributed by atoms with E-state index in [2.05, 4.69) is 15.6 Å². The molecule has 1 amide bonds. The van der Waals surface area contributed by atoms with Crippen molar-refractivity contribution in [1.29, 1.82) is 0 Å². The lowest BCUT2D eigenvalue weighted by molar-refractivity contribution is -0.134. The van der Waals surface area contributed by atoms with Crippen LogP contribution >= 0.6 is 11.3 Å². The summed E-state index contributed by atoms with van der Waals surface area (Å²) in [5.74, 6) is -1.13. The second-order valence-electron chi connectivity index (χ2n) is 7.16. The van der Waals surface area contributed by atoms with Crippen LogP contribution in [0.3, 0.4) is 0 Å². The minimum absolute atomic E-state index is 0.252. The molecule has 1 aliphatic rings. The molecule has 1 aliphatic heterocycles. The van der Waals surface area contributed by atoms with Crippen molar-refractivity contribution in [3.63, 3.8) is 0 Å². The summed E-state index contributed by atoms with van der Waals surface area (Å²) in [5.41, 5.74) is 0.652. The van der Waals surface area contributed by atoms with E-state index in [1.165, 1.54) is 11.3 Å². The zero-order valence-electron chi connectivity index (χ0n) is 16.2. The number of nitrogens with zero attached hydrogens (tertiary/aromatic N) is 2. The Balaban J connectivity index is 1.57. The molecule has 30 heavy (non-hydrogen) atoms. The van der Waals surface area contributed by atoms with E-state index >= 15 is 0 Å². The van der Waals surface area contributed by atoms with E-state index in [0.717, 1.165) is 10.8 Å². The molecule has 9 heteroatoms. The van der Waals surface area contributed by atoms with Crippen LogP contribution in [-0.2, 0) is 4.79 Å². The summed E-state index contributed by atoms with van der Waals surface area (Å²) < 4.78 is 0. The number of aliphatic carboxylic acids is 1. The number of carboxylic acid groups (broad SMARTS) is 1. The van der Waals surface area contributed by atoms with E-state index in [1.807, 2.05) is 47.4 Å². The van der Waals surface area contributed by atoms with Gasteiger partial charge in [0, 0.05) is 18.8 Å². The Morgan fingerprint density at radius 2 is 1.87 bits per heavy atom. The predicted octanol–water partition coefficient (Wildman–Crippen LogP) is 3.01. The van der Waals surface area contributed by atoms with Crippen LogP contribution in [0.5, 0.6) is 0 Å². The van der Waals surface area contributed by atoms with E-state index in [-0.39, 0.29) is 24.4 Å². The Hall–Kier alpha value is -3.17. The Morgan fingerprint density at radius 1 is 1.13 bits per heavy atom. The van der Waals surface area contributed by atoms with Gasteiger partial charge in [-0.15, -0.1) is 0 Å². The number of carbonyl (C=O) groups is 2. The fraction of sp³-hybridized carbons (Fsp3) is 0.286. The number of carbonyl (C=O) groups excluding carboxylic acids is 1. The lowest BCUT2D eigenvalue weighted by Gasteiger charge is -2.29. The normalized spacial score (nSPS) is 14.6. The molecule has 0 unspecified atom stereocenters. The number of rotatable bonds is 6. The summed E-state index contributed by atoms with van der Waals surface area (Å²) in [7, 11) is 0. The van der Waals surface area contributed by atoms with Crippen molar-refractivity contribution < 1.29 is 19.8 Å². The summed E-state index contributed by atoms with van der Waals surface area (Å²) in [5, 5.41) is 27.1. The average Bonchev–Trinajstić information content (AvgIpc) is 3.17. The van der Waals surface area contributed by atoms with Crippen molar-refractivity contribution in [3.8, 4) is 0 Å². The number of thiazole rings is 1. The zero-order chi connectivity index (χ0) is 21.1. The molecule has 4 N–H and O–H groups in total. The molecule has 2 heterocycles. The molecule has 0 aliphatic carbocycles. The molecule has 0 atom stereocenters. The first-order valence-corrected chi connectivity index (χ1v) is 10.5. The minimum atomic E-state index is -1.04. The first kappa shape index (κ1) is 20.1. The van der Waals surface area contributed by atoms with E-state index in [9.17, 15) is 14.7 Å². The van der Waals surface area contributed by atoms with E-state index < -0.39 is 5.97 Å². The number of nitrogens with one attached hydrogen (secondary N) is 2. The van der Waals surface area contributed by atoms with Crippen LogP contribution in [0.4, 0.5) is 16.6 Å². The lowest BCUT2D eigenvalue weighted by atomic mass is 10.1. The zero-order valence-corrected chi connectivity index (χ0v) is 17.0. The molecule has 1 saturated heterocycles. The molecule has 1 aromatic heterocycles. The fourth-order valence-electron chi connectivity index (χ4n) is 3.39. The molecule has 156 valence electrons. The Kier molecular flexibility index (Phi) is 5.82. The molecule has 1 fully saturated rings. The van der Waals surface area contributed by atoms with Crippen LogP contribution in [0.15, 0.2) is 42.5 Å². The standard InChI is InChI=1S/C21H22N4O4S/c26-16-7-9-25(10-8-16)21-24-19(22-12-17(27)28)18(30-21)20(29)23-15-6-5-13-3-1-2-4-14(13)11-15/h1-6,11,16,22,26H,7-10,12H2,(H,23,29)(H,27,28). The SMILES string of the molecule is O=C(O)CNc1nc(N2CCC(O)CC2)sc1C(=O)Nc1ccc2ccccc2c1. The molecule has 0 spiro atoms. The van der Waals surface area contributed by atoms with E-state index in [4.69, 9.17) is 5.11 Å². The van der Waals surface area contributed by atoms with Gasteiger partial charge in [0.15, 0.2) is 10.9 Å². The maximum atomic E-state index is 13.0. The fourth-order valence-corrected chi connectivity index (χ4v) is 4.38. The van der Waals surface area contributed by atoms with Gasteiger partial charge in [-0.3, -0.25) is 9.59 Å². The molecule has 0 saturated carbocycles. The number of hydrogen-bond donors (Lipinski definition) is 4. The molecular weight excluding hydrogens is 404 g/mol. The maximum absolute atomic E-state index is 13.0. The van der Waals surface area contributed by atoms with Gasteiger partial charge in [-0.2, -0.15) is 0 Å². The summed E-state index contributed by atoms with van der Waals surface area (Å²) in [6, 6.07) is 13.5. The number of aromatic nitrogens is 1. The molecular formula is C21H22N4O4S. The molecule has 0 radical (unpaired) electrons. The summed E-state index contributed by atoms with van der Waals surface area (Å²) >= 11 is 1.22. The number of piperidine rings is 1. The van der Waals surface area contributed by atoms with Crippen LogP contribution in [0.25, 0.3) is 10.8 Å². The highest BCUT2D eigenvalue weighted by Gasteiger charge is 2.24. The van der Waals surface area contributed by atoms with Crippen LogP contribution in [0, 0.1) is 0 Å². The van der Waals surface area contributed by atoms with Gasteiger partial charge in [-0.25, -0.2) is 4.98 Å². The summed E-state index contributed by atoms with van der Waals surface area (Å²) in [6.45, 7) is 0.940. The first-order chi connectivity index (χ1) is 14.5. The Labute approximate surface area is 177 Å². The van der Waals surface area contributed by atoms with Gasteiger partial charge >= 0.3 is 5.97 Å². The third-order valence-corrected chi connectivity index (χ3v) is 6.09. The molecule has 2 aromatic carbocycles. The smallest absolute Gasteiger partial charge is 0.322 e. The first-order valence-electron chi connectivity index (χ1n) is 9.69. The second-order valence-corrected chi connectivity index (χ2v) is 8.13. The minimum Gasteiger partial charge on any atom is -0.480 e. The van der Waals surface area contributed by atoms with Gasteiger partial charge in [0.25, 0.3) is 5.91 Å². The Morgan fingerprint density at radius 3 is 2.60 bits per heavy atom. The topological polar surface area (TPSA) is 115 Å². The molecule has 0 bridgehead atoms. The average molecular weight is 426 g/mol. The monoisotopic (exact) mass is 426 g/mol. The van der Waals surface area contributed by atoms with Gasteiger partial charge in [0.05, 0.1) is 6.10 Å². The number of amides is 1. The number of fused-ring (bicyclic) bond motifs is 1. The van der Waals surface area contributed by atoms with Crippen LogP contribution in [0.2, 0.25) is 0 Å². The number of aliphatic hydroxyl groups is 1. The highest BCUT2D eigenvalue weighted by Crippen LogP contribution is 2.32. The quantitative estimate of drug-likeness (QED) is 0.479. The second kappa shape index (κ2) is 8.68. The van der Waals surface area contributed by atoms with Crippen molar-refractivity contribution in [3.05, 3.63) is 47.3 Å². The van der Waals surface area contributed by atoms with E-state index in [0.29, 0.717) is 41.6 Å². The van der Waals surface area contributed by atoms with Crippen LogP contribution in [0.1, 0.15) is 22.5 Å². The van der Waals surface area contributed by atoms with Gasteiger partial charge in [0.2, 0.25) is 0 Å². The van der Waals surface area contributed by atoms with Gasteiger partial charge < -0.3 is 25.7 Å². The van der Waals surface area contributed by atoms with Crippen LogP contribution in [-0.4, -0.2) is 52.8 Å². The van der Waals surface area contributed by atoms with Gasteiger partial charge in [0.1, 0.15) is 11.4 Å². The summed E-state index contributed by atoms with van der Waals surface area (Å²) in [4.78, 5) is 30.8. The van der Waals surface area contributed by atoms with Crippen molar-refractivity contribution in [2.75, 3.05) is 35.2 Å². The Bertz CT molecular complexity index is 1080. The number of anilines is 3. The van der Waals surface area contributed by atoms with Crippen molar-refractivity contribution in [2.45, 2.75) is 18.9 Å². The van der Waals surface area contributed by atoms with Crippen molar-refractivity contribution in [1.82, 2.24) is 4.98 Å². The molecule has 4 rings (SSSR count).